The molecule has 2 aliphatic rings. The van der Waals surface area contributed by atoms with Gasteiger partial charge < -0.3 is 15.1 Å². The van der Waals surface area contributed by atoms with Gasteiger partial charge in [0.25, 0.3) is 0 Å². The van der Waals surface area contributed by atoms with E-state index in [0.717, 1.165) is 63.6 Å². The highest BCUT2D eigenvalue weighted by molar-refractivity contribution is 14.0. The molecule has 0 spiro atoms. The van der Waals surface area contributed by atoms with Gasteiger partial charge in [-0.05, 0) is 37.5 Å². The molecule has 0 bridgehead atoms. The number of likely N-dealkylation sites (tertiary alicyclic amines) is 1. The predicted octanol–water partition coefficient (Wildman–Crippen LogP) is 2.80. The summed E-state index contributed by atoms with van der Waals surface area (Å²) in [7, 11) is 1.76. The van der Waals surface area contributed by atoms with E-state index < -0.39 is 5.82 Å². The zero-order chi connectivity index (χ0) is 20.1. The summed E-state index contributed by atoms with van der Waals surface area (Å²) in [4.78, 5) is 23.4. The molecule has 0 radical (unpaired) electrons. The average Bonchev–Trinajstić information content (AvgIpc) is 3.25. The van der Waals surface area contributed by atoms with E-state index in [9.17, 15) is 9.18 Å². The topological polar surface area (TPSA) is 51.2 Å². The van der Waals surface area contributed by atoms with E-state index in [0.29, 0.717) is 6.54 Å². The molecule has 2 saturated heterocycles. The molecule has 9 heteroatoms. The third-order valence-corrected chi connectivity index (χ3v) is 5.87. The third-order valence-electron chi connectivity index (χ3n) is 5.58. The molecule has 0 aliphatic carbocycles. The number of hydrogen-bond acceptors (Lipinski definition) is 3. The lowest BCUT2D eigenvalue weighted by Gasteiger charge is -2.39. The fourth-order valence-corrected chi connectivity index (χ4v) is 4.05. The molecular formula is C20H30ClFIN5O. The van der Waals surface area contributed by atoms with Gasteiger partial charge in [-0.2, -0.15) is 0 Å². The van der Waals surface area contributed by atoms with E-state index in [1.165, 1.54) is 6.07 Å². The van der Waals surface area contributed by atoms with Gasteiger partial charge in [0.1, 0.15) is 5.82 Å². The van der Waals surface area contributed by atoms with Crippen molar-refractivity contribution in [2.75, 3.05) is 46.3 Å². The number of guanidine groups is 1. The van der Waals surface area contributed by atoms with Crippen LogP contribution in [0.2, 0.25) is 5.02 Å². The number of aliphatic imine (C=N–C) groups is 1. The Morgan fingerprint density at radius 1 is 1.17 bits per heavy atom. The second-order valence-electron chi connectivity index (χ2n) is 7.38. The molecule has 0 saturated carbocycles. The van der Waals surface area contributed by atoms with Crippen LogP contribution in [0.15, 0.2) is 23.2 Å². The van der Waals surface area contributed by atoms with Crippen LogP contribution in [-0.4, -0.2) is 78.9 Å². The van der Waals surface area contributed by atoms with Crippen molar-refractivity contribution in [1.82, 2.24) is 20.0 Å². The number of piperazine rings is 1. The number of halogens is 3. The molecule has 2 heterocycles. The van der Waals surface area contributed by atoms with Crippen molar-refractivity contribution >= 4 is 47.4 Å². The first kappa shape index (κ1) is 24.1. The molecular weight excluding hydrogens is 508 g/mol. The minimum Gasteiger partial charge on any atom is -0.352 e. The van der Waals surface area contributed by atoms with Crippen molar-refractivity contribution in [2.24, 2.45) is 4.99 Å². The van der Waals surface area contributed by atoms with Gasteiger partial charge in [-0.3, -0.25) is 14.7 Å². The van der Waals surface area contributed by atoms with E-state index in [1.807, 2.05) is 11.8 Å². The maximum atomic E-state index is 13.3. The number of nitrogens with one attached hydrogen (secondary N) is 1. The smallest absolute Gasteiger partial charge is 0.239 e. The minimum absolute atomic E-state index is 0. The average molecular weight is 538 g/mol. The molecule has 2 fully saturated rings. The van der Waals surface area contributed by atoms with Gasteiger partial charge in [0, 0.05) is 52.9 Å². The van der Waals surface area contributed by atoms with Crippen molar-refractivity contribution in [1.29, 1.82) is 0 Å². The Hall–Kier alpha value is -1.13. The summed E-state index contributed by atoms with van der Waals surface area (Å²) >= 11 is 5.85. The summed E-state index contributed by atoms with van der Waals surface area (Å²) in [5, 5.41) is 3.44. The second kappa shape index (κ2) is 11.3. The van der Waals surface area contributed by atoms with Gasteiger partial charge in [0.05, 0.1) is 11.1 Å². The van der Waals surface area contributed by atoms with Crippen LogP contribution in [0.5, 0.6) is 0 Å². The SMILES string of the molecule is CN=C(NCc1ccc(F)c(Cl)c1)N1CCN(C(C)C(=O)N2CCCC2)CC1.I. The van der Waals surface area contributed by atoms with Crippen molar-refractivity contribution in [2.45, 2.75) is 32.4 Å². The number of hydrogen-bond donors (Lipinski definition) is 1. The van der Waals surface area contributed by atoms with E-state index >= 15 is 0 Å². The van der Waals surface area contributed by atoms with Gasteiger partial charge in [-0.1, -0.05) is 17.7 Å². The Bertz CT molecular complexity index is 721. The summed E-state index contributed by atoms with van der Waals surface area (Å²) < 4.78 is 13.3. The number of benzene rings is 1. The summed E-state index contributed by atoms with van der Waals surface area (Å²) in [5.74, 6) is 0.642. The molecule has 29 heavy (non-hydrogen) atoms. The van der Waals surface area contributed by atoms with Gasteiger partial charge >= 0.3 is 0 Å². The van der Waals surface area contributed by atoms with E-state index in [2.05, 4.69) is 20.1 Å². The fourth-order valence-electron chi connectivity index (χ4n) is 3.84. The Kier molecular flexibility index (Phi) is 9.42. The van der Waals surface area contributed by atoms with Crippen molar-refractivity contribution in [3.8, 4) is 0 Å². The van der Waals surface area contributed by atoms with Crippen LogP contribution < -0.4 is 5.32 Å². The van der Waals surface area contributed by atoms with Gasteiger partial charge in [-0.15, -0.1) is 24.0 Å². The number of rotatable bonds is 4. The van der Waals surface area contributed by atoms with Crippen LogP contribution in [0.25, 0.3) is 0 Å². The maximum Gasteiger partial charge on any atom is 0.239 e. The van der Waals surface area contributed by atoms with Crippen LogP contribution in [0, 0.1) is 5.82 Å². The summed E-state index contributed by atoms with van der Waals surface area (Å²) in [6.45, 7) is 7.59. The minimum atomic E-state index is -0.413. The van der Waals surface area contributed by atoms with Crippen LogP contribution in [0.4, 0.5) is 4.39 Å². The standard InChI is InChI=1S/C20H29ClFN5O.HI/c1-15(19(28)26-7-3-4-8-26)25-9-11-27(12-10-25)20(23-2)24-14-16-5-6-18(22)17(21)13-16;/h5-6,13,15H,3-4,7-12,14H2,1-2H3,(H,23,24);1H. The van der Waals surface area contributed by atoms with Crippen molar-refractivity contribution in [3.05, 3.63) is 34.6 Å². The normalized spacial score (nSPS) is 19.1. The van der Waals surface area contributed by atoms with Crippen molar-refractivity contribution in [3.63, 3.8) is 0 Å². The number of carbonyl (C=O) groups is 1. The third kappa shape index (κ3) is 6.18. The van der Waals surface area contributed by atoms with Crippen LogP contribution in [0.1, 0.15) is 25.3 Å². The first-order valence-corrected chi connectivity index (χ1v) is 10.3. The first-order chi connectivity index (χ1) is 13.5. The molecule has 2 aliphatic heterocycles. The van der Waals surface area contributed by atoms with E-state index in [1.54, 1.807) is 19.2 Å². The summed E-state index contributed by atoms with van der Waals surface area (Å²) in [5.41, 5.74) is 0.899. The highest BCUT2D eigenvalue weighted by Crippen LogP contribution is 2.16. The lowest BCUT2D eigenvalue weighted by Crippen LogP contribution is -2.57. The predicted molar refractivity (Wildman–Crippen MR) is 125 cm³/mol. The van der Waals surface area contributed by atoms with E-state index in [-0.39, 0.29) is 40.9 Å². The highest BCUT2D eigenvalue weighted by atomic mass is 127. The summed E-state index contributed by atoms with van der Waals surface area (Å²) in [6.07, 6.45) is 2.24. The molecule has 1 aromatic rings. The Morgan fingerprint density at radius 2 is 1.83 bits per heavy atom. The molecule has 162 valence electrons. The number of nitrogens with zero attached hydrogens (tertiary/aromatic N) is 4. The largest absolute Gasteiger partial charge is 0.352 e. The lowest BCUT2D eigenvalue weighted by molar-refractivity contribution is -0.135. The molecule has 1 atom stereocenters. The molecule has 3 rings (SSSR count). The Morgan fingerprint density at radius 3 is 2.41 bits per heavy atom. The molecule has 1 unspecified atom stereocenters. The first-order valence-electron chi connectivity index (χ1n) is 9.92. The molecule has 6 nitrogen and oxygen atoms in total. The molecule has 1 aromatic carbocycles. The maximum absolute atomic E-state index is 13.3. The Balaban J connectivity index is 0.00000300. The van der Waals surface area contributed by atoms with Crippen LogP contribution >= 0.6 is 35.6 Å². The highest BCUT2D eigenvalue weighted by Gasteiger charge is 2.30. The molecule has 0 aromatic heterocycles. The Labute approximate surface area is 194 Å². The number of amides is 1. The zero-order valence-electron chi connectivity index (χ0n) is 17.0. The molecule has 1 amide bonds. The second-order valence-corrected chi connectivity index (χ2v) is 7.79. The van der Waals surface area contributed by atoms with Gasteiger partial charge in [0.15, 0.2) is 5.96 Å². The summed E-state index contributed by atoms with van der Waals surface area (Å²) in [6, 6.07) is 4.64. The van der Waals surface area contributed by atoms with Gasteiger partial charge in [-0.25, -0.2) is 4.39 Å². The monoisotopic (exact) mass is 537 g/mol. The van der Waals surface area contributed by atoms with Crippen LogP contribution in [0.3, 0.4) is 0 Å². The quantitative estimate of drug-likeness (QED) is 0.365. The van der Waals surface area contributed by atoms with Crippen LogP contribution in [-0.2, 0) is 11.3 Å². The fraction of sp³-hybridized carbons (Fsp3) is 0.600. The molecule has 1 N–H and O–H groups in total. The lowest BCUT2D eigenvalue weighted by atomic mass is 10.2. The van der Waals surface area contributed by atoms with Gasteiger partial charge in [0.2, 0.25) is 5.91 Å². The van der Waals surface area contributed by atoms with Crippen molar-refractivity contribution < 1.29 is 9.18 Å². The number of carbonyl (C=O) groups excluding carboxylic acids is 1. The zero-order valence-corrected chi connectivity index (χ0v) is 20.1. The van der Waals surface area contributed by atoms with E-state index in [4.69, 9.17) is 11.6 Å².